The van der Waals surface area contributed by atoms with Gasteiger partial charge in [-0.2, -0.15) is 11.3 Å². The molecule has 27 heavy (non-hydrogen) atoms. The van der Waals surface area contributed by atoms with Crippen LogP contribution in [0, 0.1) is 0 Å². The third kappa shape index (κ3) is 4.47. The second-order valence-corrected chi connectivity index (χ2v) is 6.94. The van der Waals surface area contributed by atoms with Crippen molar-refractivity contribution >= 4 is 33.8 Å². The van der Waals surface area contributed by atoms with Crippen LogP contribution in [0.15, 0.2) is 75.4 Å². The van der Waals surface area contributed by atoms with Crippen molar-refractivity contribution in [2.24, 2.45) is 0 Å². The zero-order valence-corrected chi connectivity index (χ0v) is 16.5. The number of hydrogen-bond donors (Lipinski definition) is 0. The lowest BCUT2D eigenvalue weighted by molar-refractivity contribution is -0.137. The number of esters is 1. The van der Waals surface area contributed by atoms with Gasteiger partial charge in [-0.05, 0) is 49.4 Å². The minimum Gasteiger partial charge on any atom is -0.463 e. The molecule has 0 radical (unpaired) electrons. The zero-order valence-electron chi connectivity index (χ0n) is 15.7. The number of allylic oxidation sites excluding steroid dienone is 5. The highest BCUT2D eigenvalue weighted by atomic mass is 32.1. The number of furan rings is 1. The topological polar surface area (TPSA) is 39.4 Å². The number of carbonyl (C=O) groups is 1. The Bertz CT molecular complexity index is 1020. The third-order valence-electron chi connectivity index (χ3n) is 4.11. The predicted molar refractivity (Wildman–Crippen MR) is 113 cm³/mol. The first-order valence-electron chi connectivity index (χ1n) is 8.84. The molecule has 3 nitrogen and oxygen atoms in total. The van der Waals surface area contributed by atoms with Gasteiger partial charge in [-0.15, -0.1) is 0 Å². The maximum Gasteiger partial charge on any atom is 0.330 e. The summed E-state index contributed by atoms with van der Waals surface area (Å²) in [5, 5.41) is 5.24. The van der Waals surface area contributed by atoms with Crippen molar-refractivity contribution in [1.29, 1.82) is 0 Å². The normalized spacial score (nSPS) is 12.9. The van der Waals surface area contributed by atoms with Crippen LogP contribution in [0.2, 0.25) is 0 Å². The van der Waals surface area contributed by atoms with Crippen LogP contribution >= 0.6 is 11.3 Å². The van der Waals surface area contributed by atoms with Gasteiger partial charge in [0.1, 0.15) is 11.3 Å². The smallest absolute Gasteiger partial charge is 0.330 e. The number of ether oxygens (including phenoxy) is 1. The molecule has 0 unspecified atom stereocenters. The van der Waals surface area contributed by atoms with Crippen molar-refractivity contribution in [3.05, 3.63) is 76.5 Å². The van der Waals surface area contributed by atoms with Crippen LogP contribution < -0.4 is 0 Å². The molecule has 0 amide bonds. The number of hydrogen-bond acceptors (Lipinski definition) is 4. The standard InChI is InChI=1S/C23H22O3S/c1-4-25-21(24)14-16(2)8-7-9-17(3)22-19-10-5-6-11-20(19)26-23(22)18-12-13-27-15-18/h5-15H,4H2,1-3H3/b8-7+,16-14+,17-9-. The third-order valence-corrected chi connectivity index (χ3v) is 4.79. The Labute approximate surface area is 163 Å². The Balaban J connectivity index is 1.94. The monoisotopic (exact) mass is 378 g/mol. The molecule has 0 atom stereocenters. The molecular weight excluding hydrogens is 356 g/mol. The van der Waals surface area contributed by atoms with Crippen LogP contribution in [0.4, 0.5) is 0 Å². The summed E-state index contributed by atoms with van der Waals surface area (Å²) in [5.74, 6) is 0.569. The molecular formula is C23H22O3S. The summed E-state index contributed by atoms with van der Waals surface area (Å²) in [6, 6.07) is 10.1. The predicted octanol–water partition coefficient (Wildman–Crippen LogP) is 6.63. The van der Waals surface area contributed by atoms with Crippen molar-refractivity contribution in [2.45, 2.75) is 20.8 Å². The van der Waals surface area contributed by atoms with Gasteiger partial charge in [0.25, 0.3) is 0 Å². The SMILES string of the molecule is CCOC(=O)/C=C(C)/C=C/C=C(/C)c1c(-c2ccsc2)oc2ccccc12. The second kappa shape index (κ2) is 8.69. The summed E-state index contributed by atoms with van der Waals surface area (Å²) >= 11 is 1.65. The summed E-state index contributed by atoms with van der Waals surface area (Å²) in [7, 11) is 0. The Kier molecular flexibility index (Phi) is 6.09. The van der Waals surface area contributed by atoms with Crippen LogP contribution in [0.3, 0.4) is 0 Å². The first kappa shape index (κ1) is 18.9. The number of benzene rings is 1. The lowest BCUT2D eigenvalue weighted by Gasteiger charge is -2.02. The van der Waals surface area contributed by atoms with Gasteiger partial charge in [-0.1, -0.05) is 36.4 Å². The summed E-state index contributed by atoms with van der Waals surface area (Å²) in [4.78, 5) is 11.5. The van der Waals surface area contributed by atoms with Crippen LogP contribution in [-0.2, 0) is 9.53 Å². The van der Waals surface area contributed by atoms with Gasteiger partial charge in [-0.25, -0.2) is 4.79 Å². The number of thiophene rings is 1. The van der Waals surface area contributed by atoms with Gasteiger partial charge in [0.15, 0.2) is 0 Å². The molecule has 0 saturated carbocycles. The van der Waals surface area contributed by atoms with E-state index in [4.69, 9.17) is 9.15 Å². The van der Waals surface area contributed by atoms with Crippen LogP contribution in [0.1, 0.15) is 26.3 Å². The summed E-state index contributed by atoms with van der Waals surface area (Å²) < 4.78 is 11.1. The number of fused-ring (bicyclic) bond motifs is 1. The maximum atomic E-state index is 11.5. The first-order chi connectivity index (χ1) is 13.1. The second-order valence-electron chi connectivity index (χ2n) is 6.16. The molecule has 0 aliphatic heterocycles. The van der Waals surface area contributed by atoms with Crippen LogP contribution in [0.25, 0.3) is 27.9 Å². The summed E-state index contributed by atoms with van der Waals surface area (Å²) in [6.07, 6.45) is 7.37. The van der Waals surface area contributed by atoms with Crippen molar-refractivity contribution in [3.8, 4) is 11.3 Å². The fraction of sp³-hybridized carbons (Fsp3) is 0.174. The molecule has 0 fully saturated rings. The average molecular weight is 378 g/mol. The molecule has 0 aliphatic rings. The Morgan fingerprint density at radius 2 is 2.04 bits per heavy atom. The van der Waals surface area contributed by atoms with Crippen molar-refractivity contribution in [1.82, 2.24) is 0 Å². The highest BCUT2D eigenvalue weighted by molar-refractivity contribution is 7.08. The Morgan fingerprint density at radius 3 is 2.78 bits per heavy atom. The first-order valence-corrected chi connectivity index (χ1v) is 9.79. The molecule has 3 rings (SSSR count). The fourth-order valence-electron chi connectivity index (χ4n) is 2.88. The lowest BCUT2D eigenvalue weighted by Crippen LogP contribution is -1.99. The molecule has 3 aromatic rings. The van der Waals surface area contributed by atoms with Crippen LogP contribution in [0.5, 0.6) is 0 Å². The van der Waals surface area contributed by atoms with Crippen molar-refractivity contribution in [2.75, 3.05) is 6.61 Å². The van der Waals surface area contributed by atoms with Crippen molar-refractivity contribution < 1.29 is 13.9 Å². The van der Waals surface area contributed by atoms with E-state index >= 15 is 0 Å². The van der Waals surface area contributed by atoms with Crippen molar-refractivity contribution in [3.63, 3.8) is 0 Å². The van der Waals surface area contributed by atoms with E-state index in [0.717, 1.165) is 39.0 Å². The van der Waals surface area contributed by atoms with Gasteiger partial charge >= 0.3 is 5.97 Å². The summed E-state index contributed by atoms with van der Waals surface area (Å²) in [5.41, 5.74) is 5.00. The Hall–Kier alpha value is -2.85. The lowest BCUT2D eigenvalue weighted by atomic mass is 10.0. The molecule has 1 aromatic carbocycles. The number of rotatable bonds is 6. The highest BCUT2D eigenvalue weighted by Crippen LogP contribution is 2.38. The highest BCUT2D eigenvalue weighted by Gasteiger charge is 2.16. The van der Waals surface area contributed by atoms with Gasteiger partial charge in [0.05, 0.1) is 6.61 Å². The number of carbonyl (C=O) groups excluding carboxylic acids is 1. The van der Waals surface area contributed by atoms with E-state index in [1.807, 2.05) is 43.4 Å². The molecule has 4 heteroatoms. The summed E-state index contributed by atoms with van der Waals surface area (Å²) in [6.45, 7) is 6.12. The molecule has 2 aromatic heterocycles. The van der Waals surface area contributed by atoms with E-state index in [0.29, 0.717) is 6.61 Å². The maximum absolute atomic E-state index is 11.5. The van der Waals surface area contributed by atoms with E-state index < -0.39 is 0 Å². The molecule has 0 N–H and O–H groups in total. The van der Waals surface area contributed by atoms with E-state index in [-0.39, 0.29) is 5.97 Å². The Morgan fingerprint density at radius 1 is 1.22 bits per heavy atom. The van der Waals surface area contributed by atoms with Gasteiger partial charge in [0, 0.05) is 28.0 Å². The van der Waals surface area contributed by atoms with E-state index in [9.17, 15) is 4.79 Å². The molecule has 138 valence electrons. The molecule has 0 spiro atoms. The van der Waals surface area contributed by atoms with E-state index in [2.05, 4.69) is 29.8 Å². The number of para-hydroxylation sites is 1. The van der Waals surface area contributed by atoms with Gasteiger partial charge < -0.3 is 9.15 Å². The zero-order chi connectivity index (χ0) is 19.2. The molecule has 0 saturated heterocycles. The molecule has 0 aliphatic carbocycles. The largest absolute Gasteiger partial charge is 0.463 e. The minimum atomic E-state index is -0.319. The van der Waals surface area contributed by atoms with E-state index in [1.165, 1.54) is 6.08 Å². The van der Waals surface area contributed by atoms with E-state index in [1.54, 1.807) is 18.3 Å². The fourth-order valence-corrected chi connectivity index (χ4v) is 3.52. The van der Waals surface area contributed by atoms with Crippen LogP contribution in [-0.4, -0.2) is 12.6 Å². The molecule has 0 bridgehead atoms. The molecule has 2 heterocycles. The average Bonchev–Trinajstić information content (AvgIpc) is 3.29. The quantitative estimate of drug-likeness (QED) is 0.274. The van der Waals surface area contributed by atoms with Gasteiger partial charge in [-0.3, -0.25) is 0 Å². The van der Waals surface area contributed by atoms with Gasteiger partial charge in [0.2, 0.25) is 0 Å². The minimum absolute atomic E-state index is 0.319.